The highest BCUT2D eigenvalue weighted by Gasteiger charge is 2.44. The number of ketones is 1. The predicted molar refractivity (Wildman–Crippen MR) is 166 cm³/mol. The van der Waals surface area contributed by atoms with Crippen molar-refractivity contribution >= 4 is 28.2 Å². The van der Waals surface area contributed by atoms with E-state index in [2.05, 4.69) is 78.1 Å². The third-order valence-corrected chi connectivity index (χ3v) is 8.69. The molecular formula is C35H36N2O4S. The SMILES string of the molecule is CCC(=O)OC1=CC(OC)C(c2csc(NC(c3ccccc3)(c3ccccc3)c3ccccc3)n2)C(C)(C)CC1=O. The Balaban J connectivity index is 1.60. The molecule has 1 aromatic heterocycles. The highest BCUT2D eigenvalue weighted by Crippen LogP contribution is 2.47. The quantitative estimate of drug-likeness (QED) is 0.163. The summed E-state index contributed by atoms with van der Waals surface area (Å²) in [5, 5.41) is 6.62. The number of benzene rings is 3. The van der Waals surface area contributed by atoms with Crippen molar-refractivity contribution in [2.45, 2.75) is 51.2 Å². The molecule has 5 rings (SSSR count). The number of aromatic nitrogens is 1. The maximum Gasteiger partial charge on any atom is 0.311 e. The summed E-state index contributed by atoms with van der Waals surface area (Å²) in [7, 11) is 1.61. The van der Waals surface area contributed by atoms with Crippen LogP contribution in [0.1, 0.15) is 61.9 Å². The number of methoxy groups -OCH3 is 1. The van der Waals surface area contributed by atoms with Crippen LogP contribution in [0.25, 0.3) is 0 Å². The van der Waals surface area contributed by atoms with Crippen LogP contribution in [-0.4, -0.2) is 30.0 Å². The standard InChI is InChI=1S/C35H36N2O4S/c1-5-31(39)41-29-21-30(40-4)32(34(2,3)22-28(29)38)27-23-42-33(36-27)37-35(24-15-9-6-10-16-24,25-17-11-7-12-18-25)26-19-13-8-14-20-26/h6-21,23,30,32H,5,22H2,1-4H3,(H,36,37). The lowest BCUT2D eigenvalue weighted by Gasteiger charge is -2.37. The smallest absolute Gasteiger partial charge is 0.311 e. The number of thiazole rings is 1. The summed E-state index contributed by atoms with van der Waals surface area (Å²) in [4.78, 5) is 30.3. The molecule has 216 valence electrons. The van der Waals surface area contributed by atoms with E-state index in [1.165, 1.54) is 11.3 Å². The van der Waals surface area contributed by atoms with Crippen molar-refractivity contribution < 1.29 is 19.1 Å². The van der Waals surface area contributed by atoms with E-state index < -0.39 is 23.0 Å². The Labute approximate surface area is 251 Å². The fourth-order valence-electron chi connectivity index (χ4n) is 5.88. The van der Waals surface area contributed by atoms with Gasteiger partial charge < -0.3 is 14.8 Å². The Hall–Kier alpha value is -4.07. The zero-order chi connectivity index (χ0) is 29.7. The Morgan fingerprint density at radius 3 is 1.95 bits per heavy atom. The largest absolute Gasteiger partial charge is 0.423 e. The van der Waals surface area contributed by atoms with Crippen molar-refractivity contribution in [2.24, 2.45) is 5.41 Å². The molecule has 1 N–H and O–H groups in total. The van der Waals surface area contributed by atoms with Crippen LogP contribution in [0.2, 0.25) is 0 Å². The van der Waals surface area contributed by atoms with E-state index in [0.29, 0.717) is 0 Å². The van der Waals surface area contributed by atoms with Gasteiger partial charge in [-0.1, -0.05) is 112 Å². The van der Waals surface area contributed by atoms with Crippen molar-refractivity contribution in [3.63, 3.8) is 0 Å². The van der Waals surface area contributed by atoms with Crippen molar-refractivity contribution in [2.75, 3.05) is 12.4 Å². The number of hydrogen-bond acceptors (Lipinski definition) is 7. The van der Waals surface area contributed by atoms with Gasteiger partial charge in [-0.15, -0.1) is 11.3 Å². The van der Waals surface area contributed by atoms with Crippen LogP contribution in [0.3, 0.4) is 0 Å². The van der Waals surface area contributed by atoms with Crippen LogP contribution >= 0.6 is 11.3 Å². The summed E-state index contributed by atoms with van der Waals surface area (Å²) in [6, 6.07) is 31.1. The second-order valence-electron chi connectivity index (χ2n) is 11.2. The first-order valence-corrected chi connectivity index (χ1v) is 15.0. The third kappa shape index (κ3) is 5.80. The van der Waals surface area contributed by atoms with Gasteiger partial charge in [0.25, 0.3) is 0 Å². The van der Waals surface area contributed by atoms with Gasteiger partial charge >= 0.3 is 5.97 Å². The van der Waals surface area contributed by atoms with E-state index in [9.17, 15) is 9.59 Å². The van der Waals surface area contributed by atoms with Crippen LogP contribution < -0.4 is 5.32 Å². The zero-order valence-electron chi connectivity index (χ0n) is 24.4. The number of ether oxygens (including phenoxy) is 2. The molecule has 0 bridgehead atoms. The molecule has 7 heteroatoms. The first-order chi connectivity index (χ1) is 20.3. The van der Waals surface area contributed by atoms with Gasteiger partial charge in [0.05, 0.1) is 11.8 Å². The van der Waals surface area contributed by atoms with Gasteiger partial charge in [0.2, 0.25) is 0 Å². The molecule has 4 aromatic rings. The average Bonchev–Trinajstić information content (AvgIpc) is 3.43. The number of rotatable bonds is 9. The zero-order valence-corrected chi connectivity index (χ0v) is 25.2. The number of nitrogens with zero attached hydrogens (tertiary/aromatic N) is 1. The minimum atomic E-state index is -0.712. The first kappa shape index (κ1) is 29.4. The monoisotopic (exact) mass is 580 g/mol. The Bertz CT molecular complexity index is 1450. The predicted octanol–water partition coefficient (Wildman–Crippen LogP) is 7.48. The summed E-state index contributed by atoms with van der Waals surface area (Å²) in [6.45, 7) is 5.78. The number of carbonyl (C=O) groups is 2. The van der Waals surface area contributed by atoms with Crippen molar-refractivity contribution in [3.05, 3.63) is 131 Å². The van der Waals surface area contributed by atoms with E-state index in [4.69, 9.17) is 14.5 Å². The molecular weight excluding hydrogens is 544 g/mol. The van der Waals surface area contributed by atoms with Crippen molar-refractivity contribution in [3.8, 4) is 0 Å². The molecule has 0 fully saturated rings. The molecule has 1 aliphatic rings. The van der Waals surface area contributed by atoms with Crippen LogP contribution in [-0.2, 0) is 24.6 Å². The van der Waals surface area contributed by atoms with E-state index >= 15 is 0 Å². The van der Waals surface area contributed by atoms with Crippen LogP contribution in [0, 0.1) is 5.41 Å². The highest BCUT2D eigenvalue weighted by molar-refractivity contribution is 7.13. The number of hydrogen-bond donors (Lipinski definition) is 1. The van der Waals surface area contributed by atoms with Crippen LogP contribution in [0.4, 0.5) is 5.13 Å². The second kappa shape index (κ2) is 12.4. The summed E-state index contributed by atoms with van der Waals surface area (Å²) < 4.78 is 11.3. The van der Waals surface area contributed by atoms with Gasteiger partial charge in [0.1, 0.15) is 5.54 Å². The van der Waals surface area contributed by atoms with Crippen LogP contribution in [0.5, 0.6) is 0 Å². The van der Waals surface area contributed by atoms with Gasteiger partial charge in [-0.25, -0.2) is 4.98 Å². The third-order valence-electron chi connectivity index (χ3n) is 7.92. The molecule has 0 amide bonds. The molecule has 2 atom stereocenters. The molecule has 42 heavy (non-hydrogen) atoms. The molecule has 0 spiro atoms. The lowest BCUT2D eigenvalue weighted by molar-refractivity contribution is -0.142. The van der Waals surface area contributed by atoms with Gasteiger partial charge in [0, 0.05) is 31.2 Å². The summed E-state index contributed by atoms with van der Waals surface area (Å²) in [5.41, 5.74) is 2.83. The number of anilines is 1. The Morgan fingerprint density at radius 2 is 1.48 bits per heavy atom. The van der Waals surface area contributed by atoms with Crippen LogP contribution in [0.15, 0.2) is 108 Å². The molecule has 0 radical (unpaired) electrons. The minimum absolute atomic E-state index is 0.0501. The molecule has 0 saturated carbocycles. The van der Waals surface area contributed by atoms with Crippen molar-refractivity contribution in [1.29, 1.82) is 0 Å². The van der Waals surface area contributed by atoms with E-state index in [-0.39, 0.29) is 30.3 Å². The van der Waals surface area contributed by atoms with Gasteiger partial charge in [-0.2, -0.15) is 0 Å². The molecule has 2 unspecified atom stereocenters. The molecule has 6 nitrogen and oxygen atoms in total. The molecule has 1 heterocycles. The van der Waals surface area contributed by atoms with E-state index in [0.717, 1.165) is 27.5 Å². The van der Waals surface area contributed by atoms with E-state index in [1.54, 1.807) is 20.1 Å². The highest BCUT2D eigenvalue weighted by atomic mass is 32.1. The second-order valence-corrected chi connectivity index (χ2v) is 12.0. The topological polar surface area (TPSA) is 77.5 Å². The molecule has 0 saturated heterocycles. The van der Waals surface area contributed by atoms with E-state index in [1.807, 2.05) is 37.4 Å². The first-order valence-electron chi connectivity index (χ1n) is 14.2. The fourth-order valence-corrected chi connectivity index (χ4v) is 6.68. The molecule has 1 aliphatic carbocycles. The number of Topliss-reactive ketones (excluding diaryl/α,β-unsaturated/α-hetero) is 1. The number of esters is 1. The summed E-state index contributed by atoms with van der Waals surface area (Å²) in [5.74, 6) is -0.860. The fraction of sp³-hybridized carbons (Fsp3) is 0.286. The maximum atomic E-state index is 13.2. The lowest BCUT2D eigenvalue weighted by atomic mass is 9.72. The molecule has 0 aliphatic heterocycles. The minimum Gasteiger partial charge on any atom is -0.423 e. The summed E-state index contributed by atoms with van der Waals surface area (Å²) >= 11 is 1.52. The lowest BCUT2D eigenvalue weighted by Crippen LogP contribution is -2.38. The molecule has 3 aromatic carbocycles. The van der Waals surface area contributed by atoms with Gasteiger partial charge in [-0.05, 0) is 28.2 Å². The number of carbonyl (C=O) groups excluding carboxylic acids is 2. The van der Waals surface area contributed by atoms with Gasteiger partial charge in [-0.3, -0.25) is 9.59 Å². The number of allylic oxidation sites excluding steroid dienone is 1. The average molecular weight is 581 g/mol. The van der Waals surface area contributed by atoms with Crippen molar-refractivity contribution in [1.82, 2.24) is 4.98 Å². The maximum absolute atomic E-state index is 13.2. The van der Waals surface area contributed by atoms with Gasteiger partial charge in [0.15, 0.2) is 16.7 Å². The summed E-state index contributed by atoms with van der Waals surface area (Å²) in [6.07, 6.45) is 1.51. The Kier molecular flexibility index (Phi) is 8.71. The number of nitrogens with one attached hydrogen (secondary N) is 1. The normalized spacial score (nSPS) is 18.6. The Morgan fingerprint density at radius 1 is 0.952 bits per heavy atom.